The van der Waals surface area contributed by atoms with Crippen LogP contribution in [0.1, 0.15) is 21.0 Å². The van der Waals surface area contributed by atoms with Gasteiger partial charge in [0.2, 0.25) is 0 Å². The van der Waals surface area contributed by atoms with Crippen molar-refractivity contribution in [1.82, 2.24) is 15.0 Å². The molecule has 0 unspecified atom stereocenters. The predicted molar refractivity (Wildman–Crippen MR) is 71.8 cm³/mol. The van der Waals surface area contributed by atoms with Crippen molar-refractivity contribution in [3.63, 3.8) is 0 Å². The predicted octanol–water partition coefficient (Wildman–Crippen LogP) is 1.84. The van der Waals surface area contributed by atoms with Gasteiger partial charge in [0.25, 0.3) is 5.91 Å². The number of hydrogen-bond acceptors (Lipinski definition) is 3. The summed E-state index contributed by atoms with van der Waals surface area (Å²) in [5, 5.41) is 12.5. The Bertz CT molecular complexity index is 803. The number of benzene rings is 1. The Kier molecular flexibility index (Phi) is 2.72. The highest BCUT2D eigenvalue weighted by atomic mass is 16.4. The van der Waals surface area contributed by atoms with Gasteiger partial charge in [-0.1, -0.05) is 0 Å². The van der Waals surface area contributed by atoms with Gasteiger partial charge < -0.3 is 20.4 Å². The summed E-state index contributed by atoms with van der Waals surface area (Å²) in [6, 6.07) is 7.22. The molecule has 0 aliphatic rings. The summed E-state index contributed by atoms with van der Waals surface area (Å²) < 4.78 is 0. The number of nitrogens with zero attached hydrogens (tertiary/aromatic N) is 1. The number of carboxylic acids is 1. The summed E-state index contributed by atoms with van der Waals surface area (Å²) in [7, 11) is 0. The van der Waals surface area contributed by atoms with Crippen LogP contribution < -0.4 is 5.32 Å². The molecule has 20 heavy (non-hydrogen) atoms. The Morgan fingerprint density at radius 2 is 2.05 bits per heavy atom. The molecule has 1 aromatic carbocycles. The monoisotopic (exact) mass is 270 g/mol. The van der Waals surface area contributed by atoms with E-state index in [-0.39, 0.29) is 11.4 Å². The van der Waals surface area contributed by atoms with E-state index in [1.54, 1.807) is 18.3 Å². The van der Waals surface area contributed by atoms with E-state index in [1.165, 1.54) is 6.33 Å². The fourth-order valence-electron chi connectivity index (χ4n) is 1.95. The fraction of sp³-hybridized carbons (Fsp3) is 0. The first-order valence-corrected chi connectivity index (χ1v) is 5.80. The van der Waals surface area contributed by atoms with Gasteiger partial charge in [-0.25, -0.2) is 9.78 Å². The lowest BCUT2D eigenvalue weighted by atomic mass is 10.2. The fourth-order valence-corrected chi connectivity index (χ4v) is 1.95. The number of imidazole rings is 1. The number of anilines is 1. The molecule has 2 heterocycles. The number of aromatic amines is 2. The van der Waals surface area contributed by atoms with Crippen molar-refractivity contribution < 1.29 is 14.7 Å². The summed E-state index contributed by atoms with van der Waals surface area (Å²) in [6.45, 7) is 0. The smallest absolute Gasteiger partial charge is 0.354 e. The lowest BCUT2D eigenvalue weighted by Crippen LogP contribution is -2.16. The zero-order chi connectivity index (χ0) is 14.1. The van der Waals surface area contributed by atoms with Gasteiger partial charge in [0, 0.05) is 22.8 Å². The first-order chi connectivity index (χ1) is 9.65. The summed E-state index contributed by atoms with van der Waals surface area (Å²) in [5.74, 6) is -1.80. The summed E-state index contributed by atoms with van der Waals surface area (Å²) >= 11 is 0. The number of carbonyl (C=O) groups is 2. The molecule has 3 aromatic rings. The minimum atomic E-state index is -1.23. The van der Waals surface area contributed by atoms with Crippen LogP contribution in [0.15, 0.2) is 36.8 Å². The van der Waals surface area contributed by atoms with Crippen molar-refractivity contribution >= 4 is 28.5 Å². The topological polar surface area (TPSA) is 111 Å². The molecule has 0 saturated heterocycles. The van der Waals surface area contributed by atoms with E-state index in [0.29, 0.717) is 5.69 Å². The maximum absolute atomic E-state index is 12.0. The molecule has 0 bridgehead atoms. The molecule has 4 N–H and O–H groups in total. The van der Waals surface area contributed by atoms with Crippen LogP contribution in [-0.4, -0.2) is 31.9 Å². The van der Waals surface area contributed by atoms with Gasteiger partial charge in [-0.05, 0) is 24.3 Å². The highest BCUT2D eigenvalue weighted by molar-refractivity contribution is 6.09. The van der Waals surface area contributed by atoms with E-state index < -0.39 is 11.9 Å². The van der Waals surface area contributed by atoms with Gasteiger partial charge >= 0.3 is 5.97 Å². The van der Waals surface area contributed by atoms with E-state index in [4.69, 9.17) is 5.11 Å². The van der Waals surface area contributed by atoms with Gasteiger partial charge in [-0.3, -0.25) is 4.79 Å². The lowest BCUT2D eigenvalue weighted by Gasteiger charge is -2.04. The Balaban J connectivity index is 1.88. The molecular formula is C13H10N4O3. The molecule has 0 radical (unpaired) electrons. The number of hydrogen-bond donors (Lipinski definition) is 4. The Morgan fingerprint density at radius 3 is 2.85 bits per heavy atom. The minimum Gasteiger partial charge on any atom is -0.477 e. The maximum atomic E-state index is 12.0. The molecule has 0 fully saturated rings. The summed E-state index contributed by atoms with van der Waals surface area (Å²) in [6.07, 6.45) is 2.97. The molecule has 0 aliphatic heterocycles. The number of rotatable bonds is 3. The average molecular weight is 270 g/mol. The molecule has 1 amide bonds. The SMILES string of the molecule is O=C(Nc1ccc2[nH]ccc2c1)c1nc[nH]c1C(=O)O. The molecule has 0 aliphatic carbocycles. The second-order valence-corrected chi connectivity index (χ2v) is 4.17. The molecule has 7 nitrogen and oxygen atoms in total. The third-order valence-electron chi connectivity index (χ3n) is 2.88. The molecular weight excluding hydrogens is 260 g/mol. The normalized spacial score (nSPS) is 10.6. The number of fused-ring (bicyclic) bond motifs is 1. The molecule has 7 heteroatoms. The van der Waals surface area contributed by atoms with Crippen LogP contribution in [0.5, 0.6) is 0 Å². The van der Waals surface area contributed by atoms with Gasteiger partial charge in [0.1, 0.15) is 0 Å². The van der Waals surface area contributed by atoms with E-state index in [2.05, 4.69) is 20.3 Å². The van der Waals surface area contributed by atoms with Gasteiger partial charge in [-0.15, -0.1) is 0 Å². The Hall–Kier alpha value is -3.09. The average Bonchev–Trinajstić information content (AvgIpc) is 3.06. The highest BCUT2D eigenvalue weighted by Gasteiger charge is 2.19. The van der Waals surface area contributed by atoms with Crippen LogP contribution >= 0.6 is 0 Å². The van der Waals surface area contributed by atoms with Crippen LogP contribution in [0.3, 0.4) is 0 Å². The van der Waals surface area contributed by atoms with E-state index in [1.807, 2.05) is 12.1 Å². The second-order valence-electron chi connectivity index (χ2n) is 4.17. The van der Waals surface area contributed by atoms with Crippen molar-refractivity contribution in [2.75, 3.05) is 5.32 Å². The number of aromatic nitrogens is 3. The van der Waals surface area contributed by atoms with Crippen molar-refractivity contribution in [1.29, 1.82) is 0 Å². The number of amides is 1. The number of nitrogens with one attached hydrogen (secondary N) is 3. The standard InChI is InChI=1S/C13H10N4O3/c18-12(10-11(13(19)20)16-6-15-10)17-8-1-2-9-7(5-8)3-4-14-9/h1-6,14H,(H,15,16)(H,17,18)(H,19,20). The summed E-state index contributed by atoms with van der Waals surface area (Å²) in [4.78, 5) is 32.1. The molecule has 0 spiro atoms. The van der Waals surface area contributed by atoms with Crippen LogP contribution in [0.4, 0.5) is 5.69 Å². The van der Waals surface area contributed by atoms with Crippen molar-refractivity contribution in [2.45, 2.75) is 0 Å². The number of H-pyrrole nitrogens is 2. The van der Waals surface area contributed by atoms with Crippen molar-refractivity contribution in [3.05, 3.63) is 48.2 Å². The minimum absolute atomic E-state index is 0.147. The third-order valence-corrected chi connectivity index (χ3v) is 2.88. The maximum Gasteiger partial charge on any atom is 0.354 e. The zero-order valence-electron chi connectivity index (χ0n) is 10.2. The molecule has 0 saturated carbocycles. The Labute approximate surface area is 112 Å². The van der Waals surface area contributed by atoms with Crippen LogP contribution in [-0.2, 0) is 0 Å². The molecule has 100 valence electrons. The number of carboxylic acid groups (broad SMARTS) is 1. The highest BCUT2D eigenvalue weighted by Crippen LogP contribution is 2.18. The molecule has 0 atom stereocenters. The van der Waals surface area contributed by atoms with Crippen molar-refractivity contribution in [3.8, 4) is 0 Å². The lowest BCUT2D eigenvalue weighted by molar-refractivity contribution is 0.0686. The second kappa shape index (κ2) is 4.54. The largest absolute Gasteiger partial charge is 0.477 e. The van der Waals surface area contributed by atoms with Gasteiger partial charge in [0.15, 0.2) is 11.4 Å². The van der Waals surface area contributed by atoms with E-state index >= 15 is 0 Å². The zero-order valence-corrected chi connectivity index (χ0v) is 10.2. The van der Waals surface area contributed by atoms with E-state index in [0.717, 1.165) is 10.9 Å². The number of aromatic carboxylic acids is 1. The number of carbonyl (C=O) groups excluding carboxylic acids is 1. The van der Waals surface area contributed by atoms with E-state index in [9.17, 15) is 9.59 Å². The molecule has 3 rings (SSSR count). The first-order valence-electron chi connectivity index (χ1n) is 5.80. The van der Waals surface area contributed by atoms with Crippen LogP contribution in [0.25, 0.3) is 10.9 Å². The van der Waals surface area contributed by atoms with Gasteiger partial charge in [0.05, 0.1) is 6.33 Å². The molecule has 2 aromatic heterocycles. The first kappa shape index (κ1) is 12.0. The Morgan fingerprint density at radius 1 is 1.20 bits per heavy atom. The third kappa shape index (κ3) is 2.01. The van der Waals surface area contributed by atoms with Crippen molar-refractivity contribution in [2.24, 2.45) is 0 Å². The van der Waals surface area contributed by atoms with Gasteiger partial charge in [-0.2, -0.15) is 0 Å². The quantitative estimate of drug-likeness (QED) is 0.581. The van der Waals surface area contributed by atoms with Crippen LogP contribution in [0.2, 0.25) is 0 Å². The summed E-state index contributed by atoms with van der Waals surface area (Å²) in [5.41, 5.74) is 1.15. The van der Waals surface area contributed by atoms with Crippen LogP contribution in [0, 0.1) is 0 Å².